The average Bonchev–Trinajstić information content (AvgIpc) is 3.11. The number of anilines is 1. The maximum Gasteiger partial charge on any atom is 0.250 e. The predicted molar refractivity (Wildman–Crippen MR) is 118 cm³/mol. The van der Waals surface area contributed by atoms with Gasteiger partial charge in [-0.1, -0.05) is 28.1 Å². The van der Waals surface area contributed by atoms with Crippen LogP contribution in [-0.2, 0) is 4.74 Å². The number of fused-ring (bicyclic) bond motifs is 3. The Morgan fingerprint density at radius 1 is 1.07 bits per heavy atom. The van der Waals surface area contributed by atoms with Gasteiger partial charge in [0.1, 0.15) is 5.82 Å². The van der Waals surface area contributed by atoms with E-state index in [1.807, 2.05) is 12.3 Å². The third-order valence-electron chi connectivity index (χ3n) is 5.35. The molecule has 3 N–H and O–H groups in total. The molecule has 1 saturated heterocycles. The molecular weight excluding hydrogens is 432 g/mol. The van der Waals surface area contributed by atoms with Gasteiger partial charge in [-0.3, -0.25) is 4.79 Å². The van der Waals surface area contributed by atoms with Gasteiger partial charge in [-0.05, 0) is 35.9 Å². The number of aromatic nitrogens is 2. The lowest BCUT2D eigenvalue weighted by Crippen LogP contribution is -2.36. The Hall–Kier alpha value is -2.90. The van der Waals surface area contributed by atoms with Gasteiger partial charge in [0.05, 0.1) is 24.3 Å². The molecular formula is C22H19BrN4O2. The van der Waals surface area contributed by atoms with Crippen molar-refractivity contribution in [3.8, 4) is 11.1 Å². The monoisotopic (exact) mass is 450 g/mol. The summed E-state index contributed by atoms with van der Waals surface area (Å²) in [5, 5.41) is 2.01. The Kier molecular flexibility index (Phi) is 4.49. The maximum atomic E-state index is 11.9. The SMILES string of the molecule is NC(=O)c1cc(Br)cc2c1[nH]c1cc(-c3ccc(N4CCOCC4)nc3)ccc12. The number of rotatable bonds is 3. The van der Waals surface area contributed by atoms with Gasteiger partial charge in [-0.2, -0.15) is 0 Å². The highest BCUT2D eigenvalue weighted by Gasteiger charge is 2.15. The van der Waals surface area contributed by atoms with Crippen LogP contribution in [0.3, 0.4) is 0 Å². The van der Waals surface area contributed by atoms with E-state index in [0.717, 1.165) is 69.5 Å². The lowest BCUT2D eigenvalue weighted by Gasteiger charge is -2.27. The second kappa shape index (κ2) is 7.17. The number of hydrogen-bond acceptors (Lipinski definition) is 4. The first-order chi connectivity index (χ1) is 14.1. The van der Waals surface area contributed by atoms with E-state index in [4.69, 9.17) is 10.5 Å². The number of hydrogen-bond donors (Lipinski definition) is 2. The molecule has 2 aromatic carbocycles. The third kappa shape index (κ3) is 3.26. The zero-order chi connectivity index (χ0) is 20.0. The highest BCUT2D eigenvalue weighted by atomic mass is 79.9. The Balaban J connectivity index is 1.55. The van der Waals surface area contributed by atoms with Crippen LogP contribution in [0.15, 0.2) is 53.1 Å². The molecule has 0 spiro atoms. The van der Waals surface area contributed by atoms with E-state index < -0.39 is 5.91 Å². The van der Waals surface area contributed by atoms with Crippen molar-refractivity contribution in [1.29, 1.82) is 0 Å². The number of pyridine rings is 1. The van der Waals surface area contributed by atoms with Crippen LogP contribution >= 0.6 is 15.9 Å². The van der Waals surface area contributed by atoms with Crippen LogP contribution in [0.25, 0.3) is 32.9 Å². The van der Waals surface area contributed by atoms with Crippen molar-refractivity contribution in [2.24, 2.45) is 5.73 Å². The van der Waals surface area contributed by atoms with Crippen molar-refractivity contribution in [3.05, 3.63) is 58.7 Å². The first kappa shape index (κ1) is 18.1. The van der Waals surface area contributed by atoms with Crippen LogP contribution in [0.1, 0.15) is 10.4 Å². The minimum absolute atomic E-state index is 0.453. The van der Waals surface area contributed by atoms with Gasteiger partial charge >= 0.3 is 0 Å². The predicted octanol–water partition coefficient (Wildman–Crippen LogP) is 4.08. The Bertz CT molecular complexity index is 1230. The Labute approximate surface area is 175 Å². The van der Waals surface area contributed by atoms with Crippen molar-refractivity contribution in [2.45, 2.75) is 0 Å². The van der Waals surface area contributed by atoms with Crippen molar-refractivity contribution in [3.63, 3.8) is 0 Å². The molecule has 0 radical (unpaired) electrons. The minimum Gasteiger partial charge on any atom is -0.378 e. The fraction of sp³-hybridized carbons (Fsp3) is 0.182. The molecule has 29 heavy (non-hydrogen) atoms. The first-order valence-corrected chi connectivity index (χ1v) is 10.2. The number of H-pyrrole nitrogens is 1. The lowest BCUT2D eigenvalue weighted by molar-refractivity contribution is 0.100. The number of benzene rings is 2. The van der Waals surface area contributed by atoms with E-state index in [2.05, 4.69) is 61.1 Å². The zero-order valence-electron chi connectivity index (χ0n) is 15.6. The van der Waals surface area contributed by atoms with E-state index in [9.17, 15) is 4.79 Å². The number of amides is 1. The van der Waals surface area contributed by atoms with E-state index in [0.29, 0.717) is 5.56 Å². The van der Waals surface area contributed by atoms with Crippen LogP contribution in [0.2, 0.25) is 0 Å². The van der Waals surface area contributed by atoms with Crippen molar-refractivity contribution in [1.82, 2.24) is 9.97 Å². The number of primary amides is 1. The summed E-state index contributed by atoms with van der Waals surface area (Å²) in [4.78, 5) is 22.1. The second-order valence-corrected chi connectivity index (χ2v) is 8.05. The zero-order valence-corrected chi connectivity index (χ0v) is 17.2. The molecule has 1 amide bonds. The Morgan fingerprint density at radius 3 is 2.59 bits per heavy atom. The second-order valence-electron chi connectivity index (χ2n) is 7.13. The molecule has 6 nitrogen and oxygen atoms in total. The normalized spacial score (nSPS) is 14.6. The summed E-state index contributed by atoms with van der Waals surface area (Å²) in [7, 11) is 0. The number of nitrogens with zero attached hydrogens (tertiary/aromatic N) is 2. The molecule has 5 rings (SSSR count). The smallest absolute Gasteiger partial charge is 0.250 e. The molecule has 0 saturated carbocycles. The van der Waals surface area contributed by atoms with Gasteiger partial charge in [-0.25, -0.2) is 4.98 Å². The number of halogens is 1. The number of carbonyl (C=O) groups is 1. The molecule has 4 aromatic rings. The summed E-state index contributed by atoms with van der Waals surface area (Å²) in [6.07, 6.45) is 1.90. The molecule has 1 aliphatic rings. The van der Waals surface area contributed by atoms with Crippen LogP contribution in [-0.4, -0.2) is 42.2 Å². The highest BCUT2D eigenvalue weighted by molar-refractivity contribution is 9.10. The first-order valence-electron chi connectivity index (χ1n) is 9.44. The molecule has 7 heteroatoms. The van der Waals surface area contributed by atoms with Gasteiger partial charge in [0.15, 0.2) is 0 Å². The van der Waals surface area contributed by atoms with Crippen LogP contribution < -0.4 is 10.6 Å². The minimum atomic E-state index is -0.453. The number of morpholine rings is 1. The summed E-state index contributed by atoms with van der Waals surface area (Å²) in [5.41, 5.74) is 9.86. The van der Waals surface area contributed by atoms with Crippen molar-refractivity contribution >= 4 is 49.5 Å². The van der Waals surface area contributed by atoms with E-state index in [-0.39, 0.29) is 0 Å². The molecule has 3 heterocycles. The van der Waals surface area contributed by atoms with E-state index in [1.165, 1.54) is 0 Å². The number of nitrogens with two attached hydrogens (primary N) is 1. The fourth-order valence-electron chi connectivity index (χ4n) is 3.88. The quantitative estimate of drug-likeness (QED) is 0.492. The molecule has 0 atom stereocenters. The Morgan fingerprint density at radius 2 is 1.86 bits per heavy atom. The van der Waals surface area contributed by atoms with Crippen LogP contribution in [0.4, 0.5) is 5.82 Å². The van der Waals surface area contributed by atoms with Crippen LogP contribution in [0.5, 0.6) is 0 Å². The topological polar surface area (TPSA) is 84.2 Å². The maximum absolute atomic E-state index is 11.9. The fourth-order valence-corrected chi connectivity index (χ4v) is 4.34. The summed E-state index contributed by atoms with van der Waals surface area (Å²) < 4.78 is 6.23. The summed E-state index contributed by atoms with van der Waals surface area (Å²) in [6.45, 7) is 3.21. The summed E-state index contributed by atoms with van der Waals surface area (Å²) in [5.74, 6) is 0.519. The van der Waals surface area contributed by atoms with E-state index in [1.54, 1.807) is 6.07 Å². The number of nitrogens with one attached hydrogen (secondary N) is 1. The lowest BCUT2D eigenvalue weighted by atomic mass is 10.0. The van der Waals surface area contributed by atoms with Gasteiger partial charge in [-0.15, -0.1) is 0 Å². The molecule has 0 aliphatic carbocycles. The average molecular weight is 451 g/mol. The summed E-state index contributed by atoms with van der Waals surface area (Å²) >= 11 is 3.47. The van der Waals surface area contributed by atoms with Gasteiger partial charge in [0, 0.05) is 45.6 Å². The third-order valence-corrected chi connectivity index (χ3v) is 5.81. The van der Waals surface area contributed by atoms with Crippen LogP contribution in [0, 0.1) is 0 Å². The standard InChI is InChI=1S/C22H19BrN4O2/c23-15-10-17-16-3-1-13(9-19(16)26-21(17)18(11-15)22(24)28)14-2-4-20(25-12-14)27-5-7-29-8-6-27/h1-4,9-12,26H,5-8H2,(H2,24,28). The van der Waals surface area contributed by atoms with Crippen molar-refractivity contribution < 1.29 is 9.53 Å². The van der Waals surface area contributed by atoms with Crippen molar-refractivity contribution in [2.75, 3.05) is 31.2 Å². The number of aromatic amines is 1. The number of ether oxygens (including phenoxy) is 1. The van der Waals surface area contributed by atoms with Gasteiger partial charge in [0.2, 0.25) is 0 Å². The molecule has 2 aromatic heterocycles. The molecule has 0 bridgehead atoms. The van der Waals surface area contributed by atoms with E-state index >= 15 is 0 Å². The van der Waals surface area contributed by atoms with Gasteiger partial charge in [0.25, 0.3) is 5.91 Å². The highest BCUT2D eigenvalue weighted by Crippen LogP contribution is 2.33. The molecule has 146 valence electrons. The molecule has 1 aliphatic heterocycles. The molecule has 1 fully saturated rings. The largest absolute Gasteiger partial charge is 0.378 e. The summed E-state index contributed by atoms with van der Waals surface area (Å²) in [6, 6.07) is 14.1. The van der Waals surface area contributed by atoms with Gasteiger partial charge < -0.3 is 20.4 Å². The number of carbonyl (C=O) groups excluding carboxylic acids is 1. The molecule has 0 unspecified atom stereocenters.